The molecule has 4 rings (SSSR count). The summed E-state index contributed by atoms with van der Waals surface area (Å²) in [6.45, 7) is 10.3. The Balaban J connectivity index is 1.57. The molecule has 10 nitrogen and oxygen atoms in total. The van der Waals surface area contributed by atoms with E-state index in [1.807, 2.05) is 34.6 Å². The number of carbonyl (C=O) groups is 5. The predicted molar refractivity (Wildman–Crippen MR) is 137 cm³/mol. The van der Waals surface area contributed by atoms with Crippen molar-refractivity contribution in [2.24, 2.45) is 34.5 Å². The van der Waals surface area contributed by atoms with E-state index < -0.39 is 40.9 Å². The van der Waals surface area contributed by atoms with Gasteiger partial charge in [0.25, 0.3) is 17.4 Å². The average molecular weight is 556 g/mol. The monoisotopic (exact) mass is 555 g/mol. The van der Waals surface area contributed by atoms with E-state index in [4.69, 9.17) is 11.6 Å². The van der Waals surface area contributed by atoms with Gasteiger partial charge in [-0.25, -0.2) is 9.40 Å². The van der Waals surface area contributed by atoms with Crippen LogP contribution in [-0.4, -0.2) is 76.8 Å². The van der Waals surface area contributed by atoms with Gasteiger partial charge in [0.15, 0.2) is 0 Å². The van der Waals surface area contributed by atoms with E-state index >= 15 is 0 Å². The van der Waals surface area contributed by atoms with E-state index in [1.165, 1.54) is 4.90 Å². The van der Waals surface area contributed by atoms with Crippen LogP contribution in [-0.2, 0) is 24.0 Å². The number of nitrogens with one attached hydrogen (secondary N) is 3. The summed E-state index contributed by atoms with van der Waals surface area (Å²) in [4.78, 5) is 66.5. The quantitative estimate of drug-likeness (QED) is 0.292. The Hall–Kier alpha value is -2.43. The maximum absolute atomic E-state index is 14.0. The van der Waals surface area contributed by atoms with Gasteiger partial charge in [-0.15, -0.1) is 0 Å². The third-order valence-corrected chi connectivity index (χ3v) is 9.38. The fourth-order valence-electron chi connectivity index (χ4n) is 5.93. The number of hydrazine groups is 1. The molecule has 0 aromatic rings. The lowest BCUT2D eigenvalue weighted by molar-refractivity contribution is -0.151. The fraction of sp³-hybridized carbons (Fsp3) is 0.808. The highest BCUT2D eigenvalue weighted by Crippen LogP contribution is 2.65. The first-order valence-corrected chi connectivity index (χ1v) is 13.9. The van der Waals surface area contributed by atoms with Gasteiger partial charge in [-0.1, -0.05) is 46.2 Å². The molecule has 2 aliphatic carbocycles. The van der Waals surface area contributed by atoms with Crippen LogP contribution in [0.25, 0.3) is 0 Å². The van der Waals surface area contributed by atoms with Gasteiger partial charge >= 0.3 is 0 Å². The second kappa shape index (κ2) is 10.3. The third-order valence-electron chi connectivity index (χ3n) is 9.20. The Morgan fingerprint density at radius 1 is 1.21 bits per heavy atom. The molecule has 12 heteroatoms. The molecule has 212 valence electrons. The minimum Gasteiger partial charge on any atom is -0.356 e. The molecule has 5 amide bonds. The van der Waals surface area contributed by atoms with Crippen LogP contribution < -0.4 is 16.1 Å². The first-order valence-electron chi connectivity index (χ1n) is 13.5. The molecule has 38 heavy (non-hydrogen) atoms. The van der Waals surface area contributed by atoms with E-state index in [2.05, 4.69) is 16.1 Å². The molecule has 2 heterocycles. The van der Waals surface area contributed by atoms with Gasteiger partial charge in [0, 0.05) is 19.0 Å². The van der Waals surface area contributed by atoms with Crippen molar-refractivity contribution in [3.8, 4) is 0 Å². The average Bonchev–Trinajstić information content (AvgIpc) is 3.67. The lowest BCUT2D eigenvalue weighted by Crippen LogP contribution is -2.62. The molecule has 4 aliphatic rings. The Morgan fingerprint density at radius 2 is 1.87 bits per heavy atom. The highest BCUT2D eigenvalue weighted by Gasteiger charge is 2.70. The molecule has 0 aromatic carbocycles. The van der Waals surface area contributed by atoms with Gasteiger partial charge in [-0.3, -0.25) is 29.4 Å². The number of likely N-dealkylation sites (tertiary alicyclic amines) is 1. The Bertz CT molecular complexity index is 1020. The van der Waals surface area contributed by atoms with E-state index in [9.17, 15) is 28.4 Å². The highest BCUT2D eigenvalue weighted by atomic mass is 35.5. The van der Waals surface area contributed by atoms with Crippen molar-refractivity contribution in [1.82, 2.24) is 26.0 Å². The van der Waals surface area contributed by atoms with Crippen LogP contribution in [0.15, 0.2) is 0 Å². The minimum absolute atomic E-state index is 0.0680. The zero-order valence-corrected chi connectivity index (χ0v) is 23.4. The fourth-order valence-corrected chi connectivity index (χ4v) is 6.05. The van der Waals surface area contributed by atoms with Crippen LogP contribution in [0.4, 0.5) is 4.39 Å². The highest BCUT2D eigenvalue weighted by molar-refractivity contribution is 6.29. The molecule has 2 saturated heterocycles. The number of hydrogen-bond donors (Lipinski definition) is 3. The van der Waals surface area contributed by atoms with E-state index in [-0.39, 0.29) is 47.4 Å². The van der Waals surface area contributed by atoms with Crippen LogP contribution in [0.1, 0.15) is 60.3 Å². The summed E-state index contributed by atoms with van der Waals surface area (Å²) in [5, 5.41) is 6.37. The first-order chi connectivity index (χ1) is 17.7. The SMILES string of the molecule is CCC(C)(C)[C@H](NC(=O)C1CC1)C(=O)N1C[C@H]2[C@@H]([C@H]1C(=O)NN(C[C@@H]1CCNC1=O)C(=O)[C@H](F)Cl)C2(C)C. The number of nitrogens with zero attached hydrogens (tertiary/aromatic N) is 2. The zero-order valence-electron chi connectivity index (χ0n) is 22.7. The van der Waals surface area contributed by atoms with Gasteiger partial charge in [0.1, 0.15) is 12.1 Å². The second-order valence-corrected chi connectivity index (χ2v) is 12.8. The minimum atomic E-state index is -2.40. The van der Waals surface area contributed by atoms with Crippen molar-refractivity contribution in [2.75, 3.05) is 19.6 Å². The number of halogens is 2. The number of hydrogen-bond acceptors (Lipinski definition) is 5. The molecular weight excluding hydrogens is 517 g/mol. The van der Waals surface area contributed by atoms with Crippen molar-refractivity contribution in [1.29, 1.82) is 0 Å². The summed E-state index contributed by atoms with van der Waals surface area (Å²) in [5.41, 5.74) is -0.691. The van der Waals surface area contributed by atoms with Crippen LogP contribution in [0, 0.1) is 34.5 Å². The van der Waals surface area contributed by atoms with Gasteiger partial charge in [-0.05, 0) is 48.3 Å². The molecule has 3 N–H and O–H groups in total. The van der Waals surface area contributed by atoms with Crippen molar-refractivity contribution < 1.29 is 28.4 Å². The maximum Gasteiger partial charge on any atom is 0.291 e. The number of amides is 5. The summed E-state index contributed by atoms with van der Waals surface area (Å²) < 4.78 is 13.8. The van der Waals surface area contributed by atoms with Crippen molar-refractivity contribution in [2.45, 2.75) is 78.0 Å². The Labute approximate surface area is 227 Å². The Kier molecular flexibility index (Phi) is 7.73. The summed E-state index contributed by atoms with van der Waals surface area (Å²) >= 11 is 5.42. The van der Waals surface area contributed by atoms with Crippen molar-refractivity contribution >= 4 is 41.1 Å². The van der Waals surface area contributed by atoms with Crippen LogP contribution in [0.3, 0.4) is 0 Å². The van der Waals surface area contributed by atoms with E-state index in [0.29, 0.717) is 25.9 Å². The molecular formula is C26H39ClFN5O5. The molecule has 0 spiro atoms. The molecule has 0 bridgehead atoms. The summed E-state index contributed by atoms with van der Waals surface area (Å²) in [6.07, 6.45) is 2.64. The molecule has 0 radical (unpaired) electrons. The Morgan fingerprint density at radius 3 is 2.39 bits per heavy atom. The number of fused-ring (bicyclic) bond motifs is 1. The normalized spacial score (nSPS) is 29.1. The summed E-state index contributed by atoms with van der Waals surface area (Å²) in [7, 11) is 0. The van der Waals surface area contributed by atoms with Crippen molar-refractivity contribution in [3.05, 3.63) is 0 Å². The van der Waals surface area contributed by atoms with Gasteiger partial charge < -0.3 is 15.5 Å². The van der Waals surface area contributed by atoms with Gasteiger partial charge in [0.2, 0.25) is 17.7 Å². The van der Waals surface area contributed by atoms with Gasteiger partial charge in [0.05, 0.1) is 12.5 Å². The number of piperidine rings is 1. The molecule has 4 fully saturated rings. The lowest BCUT2D eigenvalue weighted by Gasteiger charge is -2.39. The standard InChI is InChI=1S/C26H39ClFN5O5/c1-6-25(2,3)18(30-21(35)13-7-8-13)23(37)32-12-15-16(26(15,4)5)17(32)22(36)31-33(24(38)19(27)28)11-14-9-10-29-20(14)34/h13-19H,6-12H2,1-5H3,(H,29,34)(H,30,35)(H,31,36)/t14-,15-,16-,17-,18+,19-/m0/s1. The smallest absolute Gasteiger partial charge is 0.291 e. The zero-order chi connectivity index (χ0) is 28.2. The number of rotatable bonds is 9. The lowest BCUT2D eigenvalue weighted by atomic mass is 9.80. The molecule has 6 atom stereocenters. The van der Waals surface area contributed by atoms with E-state index in [1.54, 1.807) is 0 Å². The molecule has 0 aromatic heterocycles. The topological polar surface area (TPSA) is 128 Å². The number of alkyl halides is 2. The third kappa shape index (κ3) is 5.35. The first kappa shape index (κ1) is 28.6. The number of carbonyl (C=O) groups excluding carboxylic acids is 5. The predicted octanol–water partition coefficient (Wildman–Crippen LogP) is 1.33. The summed E-state index contributed by atoms with van der Waals surface area (Å²) in [6, 6.07) is -1.74. The van der Waals surface area contributed by atoms with Crippen molar-refractivity contribution in [3.63, 3.8) is 0 Å². The maximum atomic E-state index is 14.0. The second-order valence-electron chi connectivity index (χ2n) is 12.4. The molecule has 0 unspecified atom stereocenters. The van der Waals surface area contributed by atoms with Crippen LogP contribution in [0.2, 0.25) is 0 Å². The van der Waals surface area contributed by atoms with Crippen LogP contribution in [0.5, 0.6) is 0 Å². The van der Waals surface area contributed by atoms with E-state index in [0.717, 1.165) is 17.9 Å². The largest absolute Gasteiger partial charge is 0.356 e. The molecule has 2 aliphatic heterocycles. The molecule has 2 saturated carbocycles. The summed E-state index contributed by atoms with van der Waals surface area (Å²) in [5.74, 6) is -3.41. The van der Waals surface area contributed by atoms with Gasteiger partial charge in [-0.2, -0.15) is 0 Å². The van der Waals surface area contributed by atoms with Crippen LogP contribution >= 0.6 is 11.6 Å².